The maximum absolute atomic E-state index is 6.03. The summed E-state index contributed by atoms with van der Waals surface area (Å²) in [5, 5.41) is 3.82. The van der Waals surface area contributed by atoms with Gasteiger partial charge < -0.3 is 14.6 Å². The second-order valence-electron chi connectivity index (χ2n) is 5.57. The molecule has 0 saturated carbocycles. The maximum atomic E-state index is 6.03. The van der Waals surface area contributed by atoms with Gasteiger partial charge in [0.05, 0.1) is 11.2 Å². The zero-order valence-electron chi connectivity index (χ0n) is 11.9. The number of hydrogen-bond acceptors (Lipinski definition) is 3. The molecule has 1 aromatic carbocycles. The van der Waals surface area contributed by atoms with Crippen molar-refractivity contribution in [3.63, 3.8) is 0 Å². The molecule has 0 aliphatic carbocycles. The molecule has 1 aliphatic rings. The Morgan fingerprint density at radius 2 is 1.63 bits per heavy atom. The molecule has 2 rings (SSSR count). The fourth-order valence-electron chi connectivity index (χ4n) is 1.92. The molecule has 1 saturated heterocycles. The highest BCUT2D eigenvalue weighted by Gasteiger charge is 2.52. The standard InChI is InChI=1S/C13H19BClNO2.ClH/c1-12(2)13(3,4)18-14(17-12)10-7-6-9(15)8-11(10)16-5;/h6-8,16H,1-5H3;1H. The van der Waals surface area contributed by atoms with Crippen LogP contribution in [0.2, 0.25) is 5.02 Å². The molecular weight excluding hydrogens is 284 g/mol. The number of rotatable bonds is 2. The fraction of sp³-hybridized carbons (Fsp3) is 0.538. The highest BCUT2D eigenvalue weighted by atomic mass is 35.5. The largest absolute Gasteiger partial charge is 0.496 e. The molecule has 0 unspecified atom stereocenters. The van der Waals surface area contributed by atoms with Crippen molar-refractivity contribution in [2.45, 2.75) is 38.9 Å². The summed E-state index contributed by atoms with van der Waals surface area (Å²) in [4.78, 5) is 0. The molecule has 0 radical (unpaired) electrons. The molecule has 1 heterocycles. The van der Waals surface area contributed by atoms with Gasteiger partial charge in [-0.05, 0) is 39.8 Å². The van der Waals surface area contributed by atoms with Crippen LogP contribution in [0, 0.1) is 0 Å². The summed E-state index contributed by atoms with van der Waals surface area (Å²) in [6, 6.07) is 5.67. The minimum absolute atomic E-state index is 0. The lowest BCUT2D eigenvalue weighted by molar-refractivity contribution is 0.00578. The van der Waals surface area contributed by atoms with E-state index in [2.05, 4.69) is 5.32 Å². The van der Waals surface area contributed by atoms with Crippen molar-refractivity contribution in [2.24, 2.45) is 0 Å². The molecule has 0 atom stereocenters. The molecule has 1 aromatic rings. The second kappa shape index (κ2) is 5.53. The van der Waals surface area contributed by atoms with Crippen LogP contribution >= 0.6 is 24.0 Å². The summed E-state index contributed by atoms with van der Waals surface area (Å²) in [6.45, 7) is 8.17. The lowest BCUT2D eigenvalue weighted by Crippen LogP contribution is -2.41. The first kappa shape index (κ1) is 16.6. The molecule has 1 aliphatic heterocycles. The minimum Gasteiger partial charge on any atom is -0.399 e. The Labute approximate surface area is 126 Å². The smallest absolute Gasteiger partial charge is 0.399 e. The van der Waals surface area contributed by atoms with Crippen molar-refractivity contribution in [3.05, 3.63) is 23.2 Å². The molecule has 106 valence electrons. The van der Waals surface area contributed by atoms with E-state index in [1.54, 1.807) is 0 Å². The van der Waals surface area contributed by atoms with Crippen LogP contribution in [0.1, 0.15) is 27.7 Å². The summed E-state index contributed by atoms with van der Waals surface area (Å²) in [5.41, 5.74) is 1.24. The van der Waals surface area contributed by atoms with E-state index >= 15 is 0 Å². The Morgan fingerprint density at radius 3 is 2.11 bits per heavy atom. The Bertz CT molecular complexity index is 450. The molecule has 0 spiro atoms. The van der Waals surface area contributed by atoms with Crippen molar-refractivity contribution >= 4 is 42.3 Å². The Kier molecular flexibility index (Phi) is 4.84. The second-order valence-corrected chi connectivity index (χ2v) is 6.01. The molecule has 3 nitrogen and oxygen atoms in total. The molecule has 0 bridgehead atoms. The van der Waals surface area contributed by atoms with Gasteiger partial charge in [0.2, 0.25) is 0 Å². The van der Waals surface area contributed by atoms with Gasteiger partial charge in [-0.15, -0.1) is 12.4 Å². The van der Waals surface area contributed by atoms with Gasteiger partial charge in [-0.25, -0.2) is 0 Å². The summed E-state index contributed by atoms with van der Waals surface area (Å²) in [5.74, 6) is 0. The number of hydrogen-bond donors (Lipinski definition) is 1. The zero-order valence-corrected chi connectivity index (χ0v) is 13.5. The molecule has 0 amide bonds. The number of benzene rings is 1. The lowest BCUT2D eigenvalue weighted by atomic mass is 9.78. The van der Waals surface area contributed by atoms with E-state index in [0.29, 0.717) is 5.02 Å². The van der Waals surface area contributed by atoms with E-state index in [4.69, 9.17) is 20.9 Å². The molecule has 1 fully saturated rings. The summed E-state index contributed by atoms with van der Waals surface area (Å²) in [6.07, 6.45) is 0. The van der Waals surface area contributed by atoms with Crippen LogP contribution in [0.25, 0.3) is 0 Å². The minimum atomic E-state index is -0.366. The monoisotopic (exact) mass is 303 g/mol. The van der Waals surface area contributed by atoms with Crippen LogP contribution in [-0.4, -0.2) is 25.4 Å². The van der Waals surface area contributed by atoms with Crippen molar-refractivity contribution in [3.8, 4) is 0 Å². The first-order valence-electron chi connectivity index (χ1n) is 6.10. The Morgan fingerprint density at radius 1 is 1.11 bits per heavy atom. The van der Waals surface area contributed by atoms with Crippen molar-refractivity contribution < 1.29 is 9.31 Å². The molecular formula is C13H20BCl2NO2. The quantitative estimate of drug-likeness (QED) is 0.852. The van der Waals surface area contributed by atoms with Crippen LogP contribution in [0.5, 0.6) is 0 Å². The fourth-order valence-corrected chi connectivity index (χ4v) is 2.09. The normalized spacial score (nSPS) is 20.0. The van der Waals surface area contributed by atoms with Crippen LogP contribution in [0.3, 0.4) is 0 Å². The van der Waals surface area contributed by atoms with Gasteiger partial charge in [0.1, 0.15) is 0 Å². The third kappa shape index (κ3) is 3.02. The van der Waals surface area contributed by atoms with Crippen LogP contribution < -0.4 is 10.8 Å². The number of nitrogens with one attached hydrogen (secondary N) is 1. The molecule has 6 heteroatoms. The maximum Gasteiger partial charge on any atom is 0.496 e. The highest BCUT2D eigenvalue weighted by molar-refractivity contribution is 6.64. The number of halogens is 2. The van der Waals surface area contributed by atoms with E-state index in [1.807, 2.05) is 52.9 Å². The van der Waals surface area contributed by atoms with E-state index in [1.165, 1.54) is 0 Å². The molecule has 19 heavy (non-hydrogen) atoms. The third-order valence-electron chi connectivity index (χ3n) is 3.79. The van der Waals surface area contributed by atoms with Gasteiger partial charge in [0, 0.05) is 23.2 Å². The number of anilines is 1. The topological polar surface area (TPSA) is 30.5 Å². The lowest BCUT2D eigenvalue weighted by Gasteiger charge is -2.32. The average Bonchev–Trinajstić information content (AvgIpc) is 2.47. The van der Waals surface area contributed by atoms with E-state index < -0.39 is 0 Å². The van der Waals surface area contributed by atoms with Crippen molar-refractivity contribution in [1.82, 2.24) is 0 Å². The van der Waals surface area contributed by atoms with Crippen LogP contribution in [-0.2, 0) is 9.31 Å². The Balaban J connectivity index is 0.00000180. The molecule has 1 N–H and O–H groups in total. The van der Waals surface area contributed by atoms with Gasteiger partial charge in [0.25, 0.3) is 0 Å². The van der Waals surface area contributed by atoms with Gasteiger partial charge in [-0.3, -0.25) is 0 Å². The predicted octanol–water partition coefficient (Wildman–Crippen LogP) is 3.10. The summed E-state index contributed by atoms with van der Waals surface area (Å²) >= 11 is 5.99. The Hall–Kier alpha value is -0.415. The highest BCUT2D eigenvalue weighted by Crippen LogP contribution is 2.37. The predicted molar refractivity (Wildman–Crippen MR) is 84.0 cm³/mol. The third-order valence-corrected chi connectivity index (χ3v) is 4.03. The summed E-state index contributed by atoms with van der Waals surface area (Å²) < 4.78 is 12.1. The van der Waals surface area contributed by atoms with Crippen LogP contribution in [0.15, 0.2) is 18.2 Å². The average molecular weight is 304 g/mol. The zero-order chi connectivity index (χ0) is 13.6. The van der Waals surface area contributed by atoms with Gasteiger partial charge in [-0.2, -0.15) is 0 Å². The van der Waals surface area contributed by atoms with E-state index in [0.717, 1.165) is 11.2 Å². The summed E-state index contributed by atoms with van der Waals surface area (Å²) in [7, 11) is 1.50. The van der Waals surface area contributed by atoms with Gasteiger partial charge in [0.15, 0.2) is 0 Å². The van der Waals surface area contributed by atoms with E-state index in [-0.39, 0.29) is 30.7 Å². The van der Waals surface area contributed by atoms with Crippen molar-refractivity contribution in [1.29, 1.82) is 0 Å². The van der Waals surface area contributed by atoms with Crippen molar-refractivity contribution in [2.75, 3.05) is 12.4 Å². The molecule has 0 aromatic heterocycles. The van der Waals surface area contributed by atoms with Gasteiger partial charge in [-0.1, -0.05) is 17.7 Å². The first-order valence-corrected chi connectivity index (χ1v) is 6.47. The first-order chi connectivity index (χ1) is 8.27. The SMILES string of the molecule is CNc1cc(Cl)ccc1B1OC(C)(C)C(C)(C)O1.Cl. The van der Waals surface area contributed by atoms with E-state index in [9.17, 15) is 0 Å². The van der Waals surface area contributed by atoms with Gasteiger partial charge >= 0.3 is 7.12 Å². The van der Waals surface area contributed by atoms with Crippen LogP contribution in [0.4, 0.5) is 5.69 Å².